The molecular formula is C13H15FN2S2. The second-order valence-corrected chi connectivity index (χ2v) is 7.20. The summed E-state index contributed by atoms with van der Waals surface area (Å²) in [7, 11) is 4.12. The van der Waals surface area contributed by atoms with Crippen molar-refractivity contribution in [1.29, 1.82) is 5.26 Å². The number of thioether (sulfide) groups is 2. The summed E-state index contributed by atoms with van der Waals surface area (Å²) in [6.07, 6.45) is 0. The third-order valence-electron chi connectivity index (χ3n) is 3.06. The van der Waals surface area contributed by atoms with Crippen LogP contribution in [0, 0.1) is 17.1 Å². The lowest BCUT2D eigenvalue weighted by molar-refractivity contribution is 0.343. The third kappa shape index (κ3) is 2.66. The van der Waals surface area contributed by atoms with Crippen molar-refractivity contribution in [1.82, 2.24) is 4.90 Å². The molecule has 1 aromatic rings. The highest BCUT2D eigenvalue weighted by molar-refractivity contribution is 8.18. The maximum absolute atomic E-state index is 12.9. The van der Waals surface area contributed by atoms with E-state index in [1.54, 1.807) is 35.7 Å². The molecule has 1 saturated heterocycles. The summed E-state index contributed by atoms with van der Waals surface area (Å²) < 4.78 is 12.4. The Labute approximate surface area is 116 Å². The van der Waals surface area contributed by atoms with Crippen molar-refractivity contribution in [3.8, 4) is 6.07 Å². The van der Waals surface area contributed by atoms with Gasteiger partial charge in [-0.05, 0) is 31.8 Å². The molecule has 0 bridgehead atoms. The first-order valence-corrected chi connectivity index (χ1v) is 7.66. The van der Waals surface area contributed by atoms with Gasteiger partial charge in [-0.3, -0.25) is 0 Å². The fourth-order valence-electron chi connectivity index (χ4n) is 1.78. The largest absolute Gasteiger partial charge is 0.305 e. The van der Waals surface area contributed by atoms with E-state index in [0.717, 1.165) is 17.1 Å². The van der Waals surface area contributed by atoms with Crippen LogP contribution in [0.1, 0.15) is 5.56 Å². The quantitative estimate of drug-likeness (QED) is 0.833. The predicted octanol–water partition coefficient (Wildman–Crippen LogP) is 2.91. The molecule has 0 amide bonds. The Balaban J connectivity index is 2.19. The molecule has 0 atom stereocenters. The monoisotopic (exact) mass is 282 g/mol. The zero-order valence-electron chi connectivity index (χ0n) is 10.4. The first kappa shape index (κ1) is 13.7. The number of benzene rings is 1. The minimum atomic E-state index is -0.583. The lowest BCUT2D eigenvalue weighted by Crippen LogP contribution is -2.38. The van der Waals surface area contributed by atoms with Crippen LogP contribution in [-0.4, -0.2) is 36.5 Å². The Morgan fingerprint density at radius 2 is 1.83 bits per heavy atom. The van der Waals surface area contributed by atoms with Gasteiger partial charge in [0.1, 0.15) is 5.82 Å². The molecule has 1 aliphatic heterocycles. The molecule has 0 saturated carbocycles. The van der Waals surface area contributed by atoms with E-state index in [4.69, 9.17) is 0 Å². The van der Waals surface area contributed by atoms with Crippen LogP contribution >= 0.6 is 23.5 Å². The minimum absolute atomic E-state index is 0.260. The van der Waals surface area contributed by atoms with Gasteiger partial charge in [-0.15, -0.1) is 23.5 Å². The first-order valence-electron chi connectivity index (χ1n) is 5.69. The summed E-state index contributed by atoms with van der Waals surface area (Å²) in [6, 6.07) is 9.17. The van der Waals surface area contributed by atoms with Crippen LogP contribution in [0.2, 0.25) is 0 Å². The SMILES string of the molecule is CN(C)C1CSC(C#N)(c2ccc(F)cc2)SC1. The topological polar surface area (TPSA) is 27.0 Å². The van der Waals surface area contributed by atoms with Crippen LogP contribution in [-0.2, 0) is 4.08 Å². The van der Waals surface area contributed by atoms with Crippen LogP contribution in [0.4, 0.5) is 4.39 Å². The normalized spacial score (nSPS) is 28.1. The van der Waals surface area contributed by atoms with Crippen molar-refractivity contribution in [2.24, 2.45) is 0 Å². The van der Waals surface area contributed by atoms with Gasteiger partial charge in [0.15, 0.2) is 4.08 Å². The van der Waals surface area contributed by atoms with Crippen LogP contribution in [0.3, 0.4) is 0 Å². The zero-order chi connectivity index (χ0) is 13.2. The van der Waals surface area contributed by atoms with E-state index in [2.05, 4.69) is 25.1 Å². The third-order valence-corrected chi connectivity index (χ3v) is 6.34. The van der Waals surface area contributed by atoms with Gasteiger partial charge >= 0.3 is 0 Å². The fraction of sp³-hybridized carbons (Fsp3) is 0.462. The summed E-state index contributed by atoms with van der Waals surface area (Å²) in [5.74, 6) is 1.58. The van der Waals surface area contributed by atoms with Gasteiger partial charge in [-0.2, -0.15) is 5.26 Å². The zero-order valence-corrected chi connectivity index (χ0v) is 12.0. The predicted molar refractivity (Wildman–Crippen MR) is 76.1 cm³/mol. The summed E-state index contributed by atoms with van der Waals surface area (Å²) >= 11 is 3.29. The molecule has 1 fully saturated rings. The molecule has 0 aliphatic carbocycles. The smallest absolute Gasteiger partial charge is 0.173 e. The molecule has 1 aliphatic rings. The molecule has 5 heteroatoms. The van der Waals surface area contributed by atoms with E-state index >= 15 is 0 Å². The van der Waals surface area contributed by atoms with E-state index in [1.165, 1.54) is 12.1 Å². The Hall–Kier alpha value is -0.700. The second kappa shape index (κ2) is 5.52. The molecule has 96 valence electrons. The number of nitriles is 1. The Morgan fingerprint density at radius 3 is 2.28 bits per heavy atom. The average Bonchev–Trinajstić information content (AvgIpc) is 2.39. The Bertz CT molecular complexity index is 445. The number of nitrogens with zero attached hydrogens (tertiary/aromatic N) is 2. The van der Waals surface area contributed by atoms with Crippen molar-refractivity contribution < 1.29 is 4.39 Å². The van der Waals surface area contributed by atoms with E-state index in [-0.39, 0.29) is 5.82 Å². The van der Waals surface area contributed by atoms with Gasteiger partial charge < -0.3 is 4.90 Å². The molecule has 0 N–H and O–H groups in total. The summed E-state index contributed by atoms with van der Waals surface area (Å²) in [6.45, 7) is 0. The highest BCUT2D eigenvalue weighted by Gasteiger charge is 2.39. The van der Waals surface area contributed by atoms with E-state index in [1.807, 2.05) is 0 Å². The lowest BCUT2D eigenvalue weighted by Gasteiger charge is -2.36. The molecule has 0 aromatic heterocycles. The Kier molecular flexibility index (Phi) is 4.21. The number of halogens is 1. The lowest BCUT2D eigenvalue weighted by atomic mass is 10.1. The fourth-order valence-corrected chi connectivity index (χ4v) is 5.09. The number of hydrogen-bond acceptors (Lipinski definition) is 4. The molecular weight excluding hydrogens is 267 g/mol. The van der Waals surface area contributed by atoms with E-state index in [9.17, 15) is 9.65 Å². The molecule has 2 rings (SSSR count). The molecule has 1 heterocycles. The molecule has 2 nitrogen and oxygen atoms in total. The summed E-state index contributed by atoms with van der Waals surface area (Å²) in [5.41, 5.74) is 0.888. The van der Waals surface area contributed by atoms with Crippen LogP contribution in [0.25, 0.3) is 0 Å². The maximum Gasteiger partial charge on any atom is 0.173 e. The van der Waals surface area contributed by atoms with Gasteiger partial charge in [-0.25, -0.2) is 4.39 Å². The maximum atomic E-state index is 12.9. The highest BCUT2D eigenvalue weighted by atomic mass is 32.2. The molecule has 0 radical (unpaired) electrons. The molecule has 0 spiro atoms. The Morgan fingerprint density at radius 1 is 1.28 bits per heavy atom. The van der Waals surface area contributed by atoms with Gasteiger partial charge in [0.05, 0.1) is 6.07 Å². The second-order valence-electron chi connectivity index (χ2n) is 4.47. The summed E-state index contributed by atoms with van der Waals surface area (Å²) in [5, 5.41) is 9.49. The van der Waals surface area contributed by atoms with Crippen molar-refractivity contribution in [2.45, 2.75) is 10.1 Å². The molecule has 1 aromatic carbocycles. The van der Waals surface area contributed by atoms with Crippen LogP contribution < -0.4 is 0 Å². The van der Waals surface area contributed by atoms with Crippen molar-refractivity contribution in [3.05, 3.63) is 35.6 Å². The van der Waals surface area contributed by atoms with Crippen molar-refractivity contribution >= 4 is 23.5 Å². The number of rotatable bonds is 2. The van der Waals surface area contributed by atoms with Crippen molar-refractivity contribution in [2.75, 3.05) is 25.6 Å². The van der Waals surface area contributed by atoms with Gasteiger partial charge in [0, 0.05) is 17.5 Å². The van der Waals surface area contributed by atoms with Gasteiger partial charge in [0.2, 0.25) is 0 Å². The van der Waals surface area contributed by atoms with E-state index < -0.39 is 4.08 Å². The van der Waals surface area contributed by atoms with E-state index in [0.29, 0.717) is 6.04 Å². The molecule has 0 unspecified atom stereocenters. The highest BCUT2D eigenvalue weighted by Crippen LogP contribution is 2.50. The van der Waals surface area contributed by atoms with Crippen molar-refractivity contribution in [3.63, 3.8) is 0 Å². The van der Waals surface area contributed by atoms with Crippen LogP contribution in [0.15, 0.2) is 24.3 Å². The van der Waals surface area contributed by atoms with Gasteiger partial charge in [-0.1, -0.05) is 12.1 Å². The number of hydrogen-bond donors (Lipinski definition) is 0. The van der Waals surface area contributed by atoms with Gasteiger partial charge in [0.25, 0.3) is 0 Å². The van der Waals surface area contributed by atoms with Crippen LogP contribution in [0.5, 0.6) is 0 Å². The molecule has 18 heavy (non-hydrogen) atoms. The summed E-state index contributed by atoms with van der Waals surface area (Å²) in [4.78, 5) is 2.19. The average molecular weight is 282 g/mol. The standard InChI is InChI=1S/C13H15FN2S2/c1-16(2)12-7-17-13(9-15,18-8-12)10-3-5-11(14)6-4-10/h3-6,12H,7-8H2,1-2H3. The minimum Gasteiger partial charge on any atom is -0.305 e. The first-order chi connectivity index (χ1) is 8.57.